The van der Waals surface area contributed by atoms with Gasteiger partial charge in [0.1, 0.15) is 5.82 Å². The van der Waals surface area contributed by atoms with Gasteiger partial charge in [-0.05, 0) is 44.0 Å². The highest BCUT2D eigenvalue weighted by Gasteiger charge is 2.16. The van der Waals surface area contributed by atoms with Crippen LogP contribution in [0.15, 0.2) is 29.4 Å². The van der Waals surface area contributed by atoms with Crippen molar-refractivity contribution in [1.82, 2.24) is 15.6 Å². The Balaban J connectivity index is 0.00000288. The molecule has 5 nitrogen and oxygen atoms in total. The van der Waals surface area contributed by atoms with Crippen LogP contribution in [0.5, 0.6) is 0 Å². The van der Waals surface area contributed by atoms with Crippen LogP contribution in [0, 0.1) is 5.82 Å². The number of aliphatic imine (C=N–C) groups is 1. The molecule has 1 aromatic carbocycles. The number of fused-ring (bicyclic) bond motifs is 1. The molecule has 0 bridgehead atoms. The number of nitrogens with zero attached hydrogens (tertiary/aromatic N) is 1. The van der Waals surface area contributed by atoms with Crippen LogP contribution in [0.2, 0.25) is 0 Å². The predicted octanol–water partition coefficient (Wildman–Crippen LogP) is 3.06. The van der Waals surface area contributed by atoms with Crippen molar-refractivity contribution in [2.24, 2.45) is 4.99 Å². The number of hydrogen-bond donors (Lipinski definition) is 3. The lowest BCUT2D eigenvalue weighted by Gasteiger charge is -2.24. The maximum absolute atomic E-state index is 13.2. The lowest BCUT2D eigenvalue weighted by molar-refractivity contribution is 0.0268. The van der Waals surface area contributed by atoms with Crippen molar-refractivity contribution in [3.63, 3.8) is 0 Å². The van der Waals surface area contributed by atoms with Crippen molar-refractivity contribution >= 4 is 40.8 Å². The number of benzene rings is 1. The highest BCUT2D eigenvalue weighted by molar-refractivity contribution is 14.0. The first-order valence-electron chi connectivity index (χ1n) is 7.70. The van der Waals surface area contributed by atoms with Crippen LogP contribution < -0.4 is 10.6 Å². The van der Waals surface area contributed by atoms with Crippen LogP contribution in [-0.4, -0.2) is 43.8 Å². The third kappa shape index (κ3) is 5.62. The zero-order valence-corrected chi connectivity index (χ0v) is 16.9. The summed E-state index contributed by atoms with van der Waals surface area (Å²) in [6.07, 6.45) is 2.75. The van der Waals surface area contributed by atoms with Crippen molar-refractivity contribution in [1.29, 1.82) is 0 Å². The molecule has 3 N–H and O–H groups in total. The maximum atomic E-state index is 13.2. The fourth-order valence-corrected chi connectivity index (χ4v) is 2.27. The quantitative estimate of drug-likeness (QED) is 0.362. The minimum atomic E-state index is -0.251. The molecule has 2 rings (SSSR count). The van der Waals surface area contributed by atoms with E-state index in [2.05, 4.69) is 20.6 Å². The second kappa shape index (κ2) is 9.22. The molecule has 0 saturated heterocycles. The van der Waals surface area contributed by atoms with Gasteiger partial charge in [0, 0.05) is 44.3 Å². The van der Waals surface area contributed by atoms with E-state index in [0.29, 0.717) is 6.54 Å². The summed E-state index contributed by atoms with van der Waals surface area (Å²) in [7, 11) is 3.43. The fourth-order valence-electron chi connectivity index (χ4n) is 2.27. The molecule has 1 aromatic heterocycles. The monoisotopic (exact) mass is 448 g/mol. The van der Waals surface area contributed by atoms with E-state index in [4.69, 9.17) is 4.74 Å². The molecule has 0 aliphatic carbocycles. The molecule has 0 aliphatic heterocycles. The predicted molar refractivity (Wildman–Crippen MR) is 108 cm³/mol. The summed E-state index contributed by atoms with van der Waals surface area (Å²) in [4.78, 5) is 7.30. The van der Waals surface area contributed by atoms with Crippen LogP contribution in [0.1, 0.15) is 19.4 Å². The molecule has 0 amide bonds. The van der Waals surface area contributed by atoms with Gasteiger partial charge >= 0.3 is 0 Å². The Morgan fingerprint density at radius 2 is 2.08 bits per heavy atom. The zero-order valence-electron chi connectivity index (χ0n) is 14.6. The molecule has 0 radical (unpaired) electrons. The number of guanidine groups is 1. The number of nitrogens with one attached hydrogen (secondary N) is 3. The standard InChI is InChI=1S/C17H25FN4O.HI/c1-17(2,23-4)11-22-16(19-3)20-8-7-12-10-21-15-9-13(18)5-6-14(12)15;/h5-6,9-10,21H,7-8,11H2,1-4H3,(H2,19,20,22);1H. The van der Waals surface area contributed by atoms with E-state index in [1.54, 1.807) is 14.2 Å². The molecule has 0 saturated carbocycles. The molecule has 1 heterocycles. The average Bonchev–Trinajstić information content (AvgIpc) is 2.92. The minimum absolute atomic E-state index is 0. The molecule has 0 unspecified atom stereocenters. The number of methoxy groups -OCH3 is 1. The van der Waals surface area contributed by atoms with E-state index >= 15 is 0 Å². The Kier molecular flexibility index (Phi) is 7.95. The minimum Gasteiger partial charge on any atom is -0.377 e. The highest BCUT2D eigenvalue weighted by atomic mass is 127. The summed E-state index contributed by atoms with van der Waals surface area (Å²) >= 11 is 0. The molecular formula is C17H26FIN4O. The molecule has 0 spiro atoms. The largest absolute Gasteiger partial charge is 0.377 e. The number of H-pyrrole nitrogens is 1. The van der Waals surface area contributed by atoms with E-state index in [0.717, 1.165) is 35.4 Å². The van der Waals surface area contributed by atoms with Gasteiger partial charge in [-0.3, -0.25) is 4.99 Å². The van der Waals surface area contributed by atoms with Gasteiger partial charge in [-0.25, -0.2) is 4.39 Å². The van der Waals surface area contributed by atoms with Crippen molar-refractivity contribution in [3.8, 4) is 0 Å². The van der Waals surface area contributed by atoms with Gasteiger partial charge in [0.2, 0.25) is 0 Å². The van der Waals surface area contributed by atoms with Gasteiger partial charge in [-0.1, -0.05) is 0 Å². The van der Waals surface area contributed by atoms with Crippen molar-refractivity contribution in [2.45, 2.75) is 25.9 Å². The lowest BCUT2D eigenvalue weighted by atomic mass is 10.1. The first kappa shape index (κ1) is 20.7. The van der Waals surface area contributed by atoms with Crippen LogP contribution in [-0.2, 0) is 11.2 Å². The van der Waals surface area contributed by atoms with E-state index in [1.165, 1.54) is 12.1 Å². The molecule has 134 valence electrons. The van der Waals surface area contributed by atoms with Crippen molar-refractivity contribution in [3.05, 3.63) is 35.8 Å². The average molecular weight is 448 g/mol. The topological polar surface area (TPSA) is 61.4 Å². The summed E-state index contributed by atoms with van der Waals surface area (Å²) in [6, 6.07) is 4.81. The van der Waals surface area contributed by atoms with Crippen molar-refractivity contribution in [2.75, 3.05) is 27.2 Å². The van der Waals surface area contributed by atoms with Gasteiger partial charge in [0.25, 0.3) is 0 Å². The van der Waals surface area contributed by atoms with Crippen LogP contribution in [0.3, 0.4) is 0 Å². The Morgan fingerprint density at radius 1 is 1.33 bits per heavy atom. The third-order valence-corrected chi connectivity index (χ3v) is 3.87. The van der Waals surface area contributed by atoms with E-state index in [9.17, 15) is 4.39 Å². The van der Waals surface area contributed by atoms with Gasteiger partial charge in [-0.2, -0.15) is 0 Å². The zero-order chi connectivity index (χ0) is 16.9. The molecule has 0 aliphatic rings. The first-order valence-corrected chi connectivity index (χ1v) is 7.70. The molecular weight excluding hydrogens is 422 g/mol. The van der Waals surface area contributed by atoms with E-state index in [1.807, 2.05) is 26.1 Å². The molecule has 0 atom stereocenters. The number of aromatic amines is 1. The Bertz CT molecular complexity index is 684. The van der Waals surface area contributed by atoms with Gasteiger partial charge < -0.3 is 20.4 Å². The normalized spacial score (nSPS) is 12.1. The number of ether oxygens (including phenoxy) is 1. The van der Waals surface area contributed by atoms with Gasteiger partial charge in [-0.15, -0.1) is 24.0 Å². The number of hydrogen-bond acceptors (Lipinski definition) is 2. The third-order valence-electron chi connectivity index (χ3n) is 3.87. The summed E-state index contributed by atoms with van der Waals surface area (Å²) < 4.78 is 18.6. The Hall–Kier alpha value is -1.35. The number of rotatable bonds is 6. The van der Waals surface area contributed by atoms with E-state index in [-0.39, 0.29) is 35.4 Å². The fraction of sp³-hybridized carbons (Fsp3) is 0.471. The maximum Gasteiger partial charge on any atom is 0.191 e. The second-order valence-electron chi connectivity index (χ2n) is 6.07. The van der Waals surface area contributed by atoms with E-state index < -0.39 is 0 Å². The van der Waals surface area contributed by atoms with Crippen LogP contribution in [0.4, 0.5) is 4.39 Å². The number of aromatic nitrogens is 1. The second-order valence-corrected chi connectivity index (χ2v) is 6.07. The molecule has 0 fully saturated rings. The molecule has 7 heteroatoms. The highest BCUT2D eigenvalue weighted by Crippen LogP contribution is 2.19. The van der Waals surface area contributed by atoms with Crippen LogP contribution >= 0.6 is 24.0 Å². The smallest absolute Gasteiger partial charge is 0.191 e. The summed E-state index contributed by atoms with van der Waals surface area (Å²) in [6.45, 7) is 5.42. The Morgan fingerprint density at radius 3 is 2.75 bits per heavy atom. The molecule has 24 heavy (non-hydrogen) atoms. The summed E-state index contributed by atoms with van der Waals surface area (Å²) in [5.41, 5.74) is 1.72. The van der Waals surface area contributed by atoms with Crippen LogP contribution in [0.25, 0.3) is 10.9 Å². The molecule has 2 aromatic rings. The number of halogens is 2. The van der Waals surface area contributed by atoms with Gasteiger partial charge in [0.05, 0.1) is 5.60 Å². The lowest BCUT2D eigenvalue weighted by Crippen LogP contribution is -2.45. The Labute approximate surface area is 159 Å². The first-order chi connectivity index (χ1) is 10.9. The van der Waals surface area contributed by atoms with Gasteiger partial charge in [0.15, 0.2) is 5.96 Å². The SMILES string of the molecule is CN=C(NCCc1c[nH]c2cc(F)ccc12)NCC(C)(C)OC.I. The van der Waals surface area contributed by atoms with Crippen molar-refractivity contribution < 1.29 is 9.13 Å². The summed E-state index contributed by atoms with van der Waals surface area (Å²) in [5.74, 6) is 0.510. The summed E-state index contributed by atoms with van der Waals surface area (Å²) in [5, 5.41) is 7.57.